The quantitative estimate of drug-likeness (QED) is 0.683. The predicted molar refractivity (Wildman–Crippen MR) is 76.8 cm³/mol. The van der Waals surface area contributed by atoms with Gasteiger partial charge in [-0.3, -0.25) is 0 Å². The molecule has 1 unspecified atom stereocenters. The van der Waals surface area contributed by atoms with Crippen molar-refractivity contribution < 1.29 is 14.6 Å². The molecular weight excluding hydrogens is 240 g/mol. The Morgan fingerprint density at radius 3 is 2.63 bits per heavy atom. The van der Waals surface area contributed by atoms with E-state index in [2.05, 4.69) is 6.92 Å². The van der Waals surface area contributed by atoms with E-state index in [0.29, 0.717) is 12.2 Å². The fourth-order valence-electron chi connectivity index (χ4n) is 2.40. The zero-order valence-corrected chi connectivity index (χ0v) is 11.9. The van der Waals surface area contributed by atoms with Crippen LogP contribution in [0.4, 0.5) is 0 Å². The summed E-state index contributed by atoms with van der Waals surface area (Å²) in [5.74, 6) is -0.681. The maximum absolute atomic E-state index is 11.3. The molecule has 0 aliphatic heterocycles. The number of carboxylic acid groups (broad SMARTS) is 1. The zero-order valence-electron chi connectivity index (χ0n) is 11.9. The molecule has 0 amide bonds. The smallest absolute Gasteiger partial charge is 0.335 e. The third kappa shape index (κ3) is 5.03. The Bertz CT molecular complexity index is 387. The summed E-state index contributed by atoms with van der Waals surface area (Å²) in [5, 5.41) is 9.25. The first kappa shape index (κ1) is 15.7. The van der Waals surface area contributed by atoms with Crippen molar-refractivity contribution in [2.75, 3.05) is 13.7 Å². The highest BCUT2D eigenvalue weighted by atomic mass is 16.5. The SMILES string of the molecule is CCCCCCC(COC)c1ccccc1C(=O)O. The van der Waals surface area contributed by atoms with Gasteiger partial charge in [0.1, 0.15) is 0 Å². The first-order valence-corrected chi connectivity index (χ1v) is 7.01. The molecule has 0 aliphatic rings. The van der Waals surface area contributed by atoms with E-state index in [9.17, 15) is 9.90 Å². The number of hydrogen-bond acceptors (Lipinski definition) is 2. The van der Waals surface area contributed by atoms with Gasteiger partial charge in [0.2, 0.25) is 0 Å². The third-order valence-corrected chi connectivity index (χ3v) is 3.41. The summed E-state index contributed by atoms with van der Waals surface area (Å²) in [6, 6.07) is 7.25. The van der Waals surface area contributed by atoms with E-state index < -0.39 is 5.97 Å². The number of aromatic carboxylic acids is 1. The van der Waals surface area contributed by atoms with Crippen LogP contribution >= 0.6 is 0 Å². The highest BCUT2D eigenvalue weighted by Crippen LogP contribution is 2.26. The number of carbonyl (C=O) groups is 1. The number of benzene rings is 1. The van der Waals surface area contributed by atoms with Gasteiger partial charge in [0.25, 0.3) is 0 Å². The number of hydrogen-bond donors (Lipinski definition) is 1. The molecule has 0 saturated heterocycles. The average Bonchev–Trinajstić information content (AvgIpc) is 2.42. The third-order valence-electron chi connectivity index (χ3n) is 3.41. The van der Waals surface area contributed by atoms with E-state index in [1.54, 1.807) is 19.2 Å². The molecule has 3 nitrogen and oxygen atoms in total. The second-order valence-electron chi connectivity index (χ2n) is 4.89. The van der Waals surface area contributed by atoms with Gasteiger partial charge in [0.05, 0.1) is 12.2 Å². The van der Waals surface area contributed by atoms with Crippen LogP contribution < -0.4 is 0 Å². The Morgan fingerprint density at radius 2 is 2.00 bits per heavy atom. The molecule has 0 saturated carbocycles. The molecule has 0 bridgehead atoms. The van der Waals surface area contributed by atoms with Gasteiger partial charge in [-0.25, -0.2) is 4.79 Å². The molecule has 0 fully saturated rings. The first-order chi connectivity index (χ1) is 9.20. The molecular formula is C16H24O3. The van der Waals surface area contributed by atoms with Gasteiger partial charge in [-0.05, 0) is 18.1 Å². The van der Waals surface area contributed by atoms with E-state index >= 15 is 0 Å². The van der Waals surface area contributed by atoms with Crippen molar-refractivity contribution in [2.45, 2.75) is 44.9 Å². The predicted octanol–water partition coefficient (Wildman–Crippen LogP) is 4.09. The summed E-state index contributed by atoms with van der Waals surface area (Å²) in [7, 11) is 1.67. The van der Waals surface area contributed by atoms with Crippen molar-refractivity contribution in [3.05, 3.63) is 35.4 Å². The Balaban J connectivity index is 2.77. The fraction of sp³-hybridized carbons (Fsp3) is 0.562. The van der Waals surface area contributed by atoms with Gasteiger partial charge >= 0.3 is 5.97 Å². The van der Waals surface area contributed by atoms with E-state index in [1.807, 2.05) is 12.1 Å². The Labute approximate surface area is 115 Å². The molecule has 0 radical (unpaired) electrons. The number of ether oxygens (including phenoxy) is 1. The van der Waals surface area contributed by atoms with Crippen molar-refractivity contribution in [1.29, 1.82) is 0 Å². The van der Waals surface area contributed by atoms with Crippen LogP contribution in [0.1, 0.15) is 60.9 Å². The van der Waals surface area contributed by atoms with E-state index in [4.69, 9.17) is 4.74 Å². The van der Waals surface area contributed by atoms with Gasteiger partial charge in [-0.2, -0.15) is 0 Å². The zero-order chi connectivity index (χ0) is 14.1. The maximum Gasteiger partial charge on any atom is 0.335 e. The van der Waals surface area contributed by atoms with Gasteiger partial charge in [-0.1, -0.05) is 50.8 Å². The molecule has 1 N–H and O–H groups in total. The van der Waals surface area contributed by atoms with Gasteiger partial charge in [-0.15, -0.1) is 0 Å². The molecule has 1 rings (SSSR count). The number of carboxylic acids is 1. The lowest BCUT2D eigenvalue weighted by Crippen LogP contribution is -2.12. The van der Waals surface area contributed by atoms with Crippen LogP contribution in [0.25, 0.3) is 0 Å². The van der Waals surface area contributed by atoms with Crippen LogP contribution in [0, 0.1) is 0 Å². The number of unbranched alkanes of at least 4 members (excludes halogenated alkanes) is 3. The second-order valence-corrected chi connectivity index (χ2v) is 4.89. The highest BCUT2D eigenvalue weighted by Gasteiger charge is 2.18. The van der Waals surface area contributed by atoms with E-state index in [1.165, 1.54) is 19.3 Å². The summed E-state index contributed by atoms with van der Waals surface area (Å²) in [5.41, 5.74) is 1.30. The molecule has 1 aromatic rings. The van der Waals surface area contributed by atoms with Crippen LogP contribution in [0.5, 0.6) is 0 Å². The van der Waals surface area contributed by atoms with E-state index in [-0.39, 0.29) is 5.92 Å². The van der Waals surface area contributed by atoms with Crippen molar-refractivity contribution in [2.24, 2.45) is 0 Å². The summed E-state index contributed by atoms with van der Waals surface area (Å²) in [6.07, 6.45) is 5.75. The summed E-state index contributed by atoms with van der Waals surface area (Å²) in [4.78, 5) is 11.3. The van der Waals surface area contributed by atoms with Gasteiger partial charge in [0.15, 0.2) is 0 Å². The molecule has 106 valence electrons. The van der Waals surface area contributed by atoms with Crippen LogP contribution in [0.3, 0.4) is 0 Å². The van der Waals surface area contributed by atoms with E-state index in [0.717, 1.165) is 18.4 Å². The minimum atomic E-state index is -0.856. The lowest BCUT2D eigenvalue weighted by molar-refractivity contribution is 0.0694. The van der Waals surface area contributed by atoms with Crippen molar-refractivity contribution in [1.82, 2.24) is 0 Å². The molecule has 0 heterocycles. The lowest BCUT2D eigenvalue weighted by atomic mass is 9.90. The second kappa shape index (κ2) is 8.70. The lowest BCUT2D eigenvalue weighted by Gasteiger charge is -2.18. The monoisotopic (exact) mass is 264 g/mol. The Kier molecular flexibility index (Phi) is 7.19. The van der Waals surface area contributed by atoms with Crippen LogP contribution in [-0.2, 0) is 4.74 Å². The summed E-state index contributed by atoms with van der Waals surface area (Å²) in [6.45, 7) is 2.77. The normalized spacial score (nSPS) is 12.3. The minimum Gasteiger partial charge on any atom is -0.478 e. The van der Waals surface area contributed by atoms with Gasteiger partial charge in [0, 0.05) is 13.0 Å². The number of methoxy groups -OCH3 is 1. The molecule has 1 aromatic carbocycles. The van der Waals surface area contributed by atoms with Crippen molar-refractivity contribution in [3.8, 4) is 0 Å². The number of rotatable bonds is 9. The largest absolute Gasteiger partial charge is 0.478 e. The molecule has 0 spiro atoms. The highest BCUT2D eigenvalue weighted by molar-refractivity contribution is 5.89. The van der Waals surface area contributed by atoms with Crippen LogP contribution in [-0.4, -0.2) is 24.8 Å². The van der Waals surface area contributed by atoms with Crippen LogP contribution in [0.2, 0.25) is 0 Å². The molecule has 0 aromatic heterocycles. The van der Waals surface area contributed by atoms with Crippen LogP contribution in [0.15, 0.2) is 24.3 Å². The Morgan fingerprint density at radius 1 is 1.26 bits per heavy atom. The Hall–Kier alpha value is -1.35. The summed E-state index contributed by atoms with van der Waals surface area (Å²) >= 11 is 0. The van der Waals surface area contributed by atoms with Crippen molar-refractivity contribution >= 4 is 5.97 Å². The van der Waals surface area contributed by atoms with Crippen molar-refractivity contribution in [3.63, 3.8) is 0 Å². The van der Waals surface area contributed by atoms with Gasteiger partial charge < -0.3 is 9.84 Å². The standard InChI is InChI=1S/C16H24O3/c1-3-4-5-6-9-13(12-19-2)14-10-7-8-11-15(14)16(17)18/h7-8,10-11,13H,3-6,9,12H2,1-2H3,(H,17,18). The minimum absolute atomic E-state index is 0.175. The average molecular weight is 264 g/mol. The topological polar surface area (TPSA) is 46.5 Å². The maximum atomic E-state index is 11.3. The fourth-order valence-corrected chi connectivity index (χ4v) is 2.40. The molecule has 3 heteroatoms. The molecule has 19 heavy (non-hydrogen) atoms. The molecule has 0 aliphatic carbocycles. The summed E-state index contributed by atoms with van der Waals surface area (Å²) < 4.78 is 5.26. The first-order valence-electron chi connectivity index (χ1n) is 7.01. The molecule has 1 atom stereocenters.